The third kappa shape index (κ3) is 5.18. The Bertz CT molecular complexity index is 579. The van der Waals surface area contributed by atoms with E-state index < -0.39 is 0 Å². The first-order valence-corrected chi connectivity index (χ1v) is 9.12. The van der Waals surface area contributed by atoms with Gasteiger partial charge in [-0.2, -0.15) is 0 Å². The summed E-state index contributed by atoms with van der Waals surface area (Å²) < 4.78 is 0. The van der Waals surface area contributed by atoms with E-state index in [1.54, 1.807) is 11.1 Å². The Hall–Kier alpha value is -1.67. The number of hydrogen-bond donors (Lipinski definition) is 1. The number of fused-ring (bicyclic) bond motifs is 1. The molecule has 0 bridgehead atoms. The highest BCUT2D eigenvalue weighted by atomic mass is 14.9. The van der Waals surface area contributed by atoms with Gasteiger partial charge in [0.25, 0.3) is 0 Å². The fourth-order valence-electron chi connectivity index (χ4n) is 3.51. The van der Waals surface area contributed by atoms with Crippen LogP contribution in [0.2, 0.25) is 0 Å². The molecule has 2 aromatic rings. The Kier molecular flexibility index (Phi) is 6.22. The van der Waals surface area contributed by atoms with E-state index in [-0.39, 0.29) is 0 Å². The van der Waals surface area contributed by atoms with Gasteiger partial charge in [-0.25, -0.2) is 0 Å². The molecule has 0 spiro atoms. The number of hydrogen-bond acceptors (Lipinski definition) is 2. The monoisotopic (exact) mass is 308 g/mol. The van der Waals surface area contributed by atoms with Crippen LogP contribution in [0.5, 0.6) is 0 Å². The van der Waals surface area contributed by atoms with E-state index in [1.165, 1.54) is 50.6 Å². The molecule has 2 heteroatoms. The number of aromatic nitrogens is 1. The van der Waals surface area contributed by atoms with Crippen LogP contribution in [0.15, 0.2) is 48.7 Å². The van der Waals surface area contributed by atoms with Crippen molar-refractivity contribution in [3.8, 4) is 0 Å². The number of pyridine rings is 1. The van der Waals surface area contributed by atoms with Gasteiger partial charge in [-0.15, -0.1) is 0 Å². The van der Waals surface area contributed by atoms with Crippen LogP contribution in [0.3, 0.4) is 0 Å². The standard InChI is InChI=1S/C21H28N2/c1(3-11-20-12-6-8-16-22-20)2-7-15-23-21-14-13-18-9-4-5-10-19(18)17-21/h4-6,8-10,12,16,21,23H,1-3,7,11,13-15,17H2/t21-/m0/s1. The molecule has 1 heterocycles. The lowest BCUT2D eigenvalue weighted by Gasteiger charge is -2.25. The highest BCUT2D eigenvalue weighted by Gasteiger charge is 2.16. The molecule has 1 atom stereocenters. The fourth-order valence-corrected chi connectivity index (χ4v) is 3.51. The Morgan fingerprint density at radius 1 is 0.913 bits per heavy atom. The molecule has 1 aromatic carbocycles. The van der Waals surface area contributed by atoms with E-state index in [0.717, 1.165) is 13.0 Å². The lowest BCUT2D eigenvalue weighted by atomic mass is 9.88. The summed E-state index contributed by atoms with van der Waals surface area (Å²) in [5, 5.41) is 3.76. The van der Waals surface area contributed by atoms with E-state index in [2.05, 4.69) is 46.7 Å². The summed E-state index contributed by atoms with van der Waals surface area (Å²) in [6, 6.07) is 15.8. The van der Waals surface area contributed by atoms with Gasteiger partial charge in [0.2, 0.25) is 0 Å². The summed E-state index contributed by atoms with van der Waals surface area (Å²) in [4.78, 5) is 4.38. The Labute approximate surface area is 140 Å². The first-order valence-electron chi connectivity index (χ1n) is 9.12. The molecule has 1 N–H and O–H groups in total. The van der Waals surface area contributed by atoms with Crippen LogP contribution in [-0.4, -0.2) is 17.6 Å². The summed E-state index contributed by atoms with van der Waals surface area (Å²) >= 11 is 0. The van der Waals surface area contributed by atoms with Gasteiger partial charge in [-0.1, -0.05) is 43.2 Å². The van der Waals surface area contributed by atoms with Gasteiger partial charge in [0.05, 0.1) is 0 Å². The Balaban J connectivity index is 1.25. The van der Waals surface area contributed by atoms with Gasteiger partial charge in [0, 0.05) is 17.9 Å². The quantitative estimate of drug-likeness (QED) is 0.734. The van der Waals surface area contributed by atoms with Gasteiger partial charge >= 0.3 is 0 Å². The summed E-state index contributed by atoms with van der Waals surface area (Å²) in [5.41, 5.74) is 4.33. The van der Waals surface area contributed by atoms with E-state index in [1.807, 2.05) is 12.3 Å². The predicted molar refractivity (Wildman–Crippen MR) is 96.7 cm³/mol. The maximum Gasteiger partial charge on any atom is 0.0403 e. The molecular weight excluding hydrogens is 280 g/mol. The summed E-state index contributed by atoms with van der Waals surface area (Å²) in [5.74, 6) is 0. The summed E-state index contributed by atoms with van der Waals surface area (Å²) in [7, 11) is 0. The molecule has 0 amide bonds. The van der Waals surface area contributed by atoms with Gasteiger partial charge in [0.1, 0.15) is 0 Å². The third-order valence-corrected chi connectivity index (χ3v) is 4.87. The van der Waals surface area contributed by atoms with Crippen LogP contribution >= 0.6 is 0 Å². The van der Waals surface area contributed by atoms with Crippen LogP contribution < -0.4 is 5.32 Å². The van der Waals surface area contributed by atoms with Gasteiger partial charge < -0.3 is 5.32 Å². The fraction of sp³-hybridized carbons (Fsp3) is 0.476. The van der Waals surface area contributed by atoms with Crippen molar-refractivity contribution in [2.75, 3.05) is 6.54 Å². The van der Waals surface area contributed by atoms with Gasteiger partial charge in [-0.3, -0.25) is 4.98 Å². The van der Waals surface area contributed by atoms with Crippen molar-refractivity contribution in [2.45, 2.75) is 57.4 Å². The molecule has 0 radical (unpaired) electrons. The van der Waals surface area contributed by atoms with Gasteiger partial charge in [-0.05, 0) is 68.3 Å². The van der Waals surface area contributed by atoms with Crippen molar-refractivity contribution < 1.29 is 0 Å². The first-order chi connectivity index (χ1) is 11.4. The predicted octanol–water partition coefficient (Wildman–Crippen LogP) is 4.33. The molecule has 122 valence electrons. The molecule has 0 saturated heterocycles. The molecular formula is C21H28N2. The molecule has 1 aliphatic rings. The van der Waals surface area contributed by atoms with E-state index >= 15 is 0 Å². The van der Waals surface area contributed by atoms with Crippen molar-refractivity contribution in [3.63, 3.8) is 0 Å². The first kappa shape index (κ1) is 16.2. The largest absolute Gasteiger partial charge is 0.314 e. The minimum atomic E-state index is 0.679. The Morgan fingerprint density at radius 2 is 1.74 bits per heavy atom. The average molecular weight is 308 g/mol. The number of nitrogens with one attached hydrogen (secondary N) is 1. The van der Waals surface area contributed by atoms with E-state index in [0.29, 0.717) is 6.04 Å². The molecule has 0 aliphatic heterocycles. The Morgan fingerprint density at radius 3 is 2.61 bits per heavy atom. The van der Waals surface area contributed by atoms with Crippen molar-refractivity contribution in [1.82, 2.24) is 10.3 Å². The van der Waals surface area contributed by atoms with Crippen molar-refractivity contribution in [1.29, 1.82) is 0 Å². The summed E-state index contributed by atoms with van der Waals surface area (Å²) in [6.45, 7) is 1.16. The number of aryl methyl sites for hydroxylation is 2. The second-order valence-corrected chi connectivity index (χ2v) is 6.65. The molecule has 0 saturated carbocycles. The molecule has 1 aliphatic carbocycles. The zero-order chi connectivity index (χ0) is 15.7. The van der Waals surface area contributed by atoms with Crippen LogP contribution in [0.1, 0.15) is 48.9 Å². The average Bonchev–Trinajstić information content (AvgIpc) is 2.61. The third-order valence-electron chi connectivity index (χ3n) is 4.87. The SMILES string of the molecule is c1ccc(CCCCCCN[C@H]2CCc3ccccc3C2)nc1. The highest BCUT2D eigenvalue weighted by molar-refractivity contribution is 5.30. The van der Waals surface area contributed by atoms with Crippen LogP contribution in [0, 0.1) is 0 Å². The molecule has 2 nitrogen and oxygen atoms in total. The number of benzene rings is 1. The smallest absolute Gasteiger partial charge is 0.0403 e. The van der Waals surface area contributed by atoms with Crippen molar-refractivity contribution in [3.05, 3.63) is 65.5 Å². The normalized spacial score (nSPS) is 17.0. The zero-order valence-corrected chi connectivity index (χ0v) is 14.0. The zero-order valence-electron chi connectivity index (χ0n) is 14.0. The second kappa shape index (κ2) is 8.83. The number of nitrogens with zero attached hydrogens (tertiary/aromatic N) is 1. The lowest BCUT2D eigenvalue weighted by Crippen LogP contribution is -2.35. The van der Waals surface area contributed by atoms with Crippen molar-refractivity contribution in [2.24, 2.45) is 0 Å². The maximum absolute atomic E-state index is 4.38. The molecule has 0 fully saturated rings. The molecule has 1 aromatic heterocycles. The summed E-state index contributed by atoms with van der Waals surface area (Å²) in [6.07, 6.45) is 11.9. The molecule has 0 unspecified atom stereocenters. The minimum absolute atomic E-state index is 0.679. The van der Waals surface area contributed by atoms with Gasteiger partial charge in [0.15, 0.2) is 0 Å². The van der Waals surface area contributed by atoms with Crippen LogP contribution in [0.4, 0.5) is 0 Å². The second-order valence-electron chi connectivity index (χ2n) is 6.65. The van der Waals surface area contributed by atoms with Crippen LogP contribution in [-0.2, 0) is 19.3 Å². The van der Waals surface area contributed by atoms with E-state index in [9.17, 15) is 0 Å². The molecule has 3 rings (SSSR count). The molecule has 23 heavy (non-hydrogen) atoms. The number of unbranched alkanes of at least 4 members (excludes halogenated alkanes) is 3. The van der Waals surface area contributed by atoms with Crippen LogP contribution in [0.25, 0.3) is 0 Å². The number of rotatable bonds is 8. The highest BCUT2D eigenvalue weighted by Crippen LogP contribution is 2.21. The van der Waals surface area contributed by atoms with Crippen molar-refractivity contribution >= 4 is 0 Å². The topological polar surface area (TPSA) is 24.9 Å². The maximum atomic E-state index is 4.38. The van der Waals surface area contributed by atoms with E-state index in [4.69, 9.17) is 0 Å². The minimum Gasteiger partial charge on any atom is -0.314 e. The lowest BCUT2D eigenvalue weighted by molar-refractivity contribution is 0.447.